The summed E-state index contributed by atoms with van der Waals surface area (Å²) in [5.74, 6) is 1.33. The lowest BCUT2D eigenvalue weighted by Crippen LogP contribution is -2.17. The highest BCUT2D eigenvalue weighted by molar-refractivity contribution is 5.93. The van der Waals surface area contributed by atoms with Crippen LogP contribution in [0.2, 0.25) is 0 Å². The van der Waals surface area contributed by atoms with Crippen LogP contribution >= 0.6 is 0 Å². The van der Waals surface area contributed by atoms with Crippen molar-refractivity contribution in [3.05, 3.63) is 48.5 Å². The second-order valence-corrected chi connectivity index (χ2v) is 6.40. The minimum atomic E-state index is -0.0792. The molecule has 0 atom stereocenters. The Morgan fingerprint density at radius 3 is 2.00 bits per heavy atom. The van der Waals surface area contributed by atoms with E-state index >= 15 is 0 Å². The van der Waals surface area contributed by atoms with Crippen molar-refractivity contribution in [3.8, 4) is 11.5 Å². The normalized spacial score (nSPS) is 10.4. The summed E-state index contributed by atoms with van der Waals surface area (Å²) in [5, 5.41) is 5.65. The molecule has 0 saturated carbocycles. The van der Waals surface area contributed by atoms with Gasteiger partial charge in [0.2, 0.25) is 11.8 Å². The van der Waals surface area contributed by atoms with Crippen molar-refractivity contribution in [1.29, 1.82) is 0 Å². The molecule has 2 rings (SSSR count). The summed E-state index contributed by atoms with van der Waals surface area (Å²) in [5.41, 5.74) is 1.40. The van der Waals surface area contributed by atoms with Gasteiger partial charge in [-0.2, -0.15) is 0 Å². The van der Waals surface area contributed by atoms with Crippen LogP contribution in [0.5, 0.6) is 11.5 Å². The lowest BCUT2D eigenvalue weighted by atomic mass is 10.2. The third-order valence-electron chi connectivity index (χ3n) is 3.84. The molecular weight excluding hydrogens is 344 g/mol. The van der Waals surface area contributed by atoms with Gasteiger partial charge in [-0.25, -0.2) is 0 Å². The van der Waals surface area contributed by atoms with Crippen LogP contribution in [0.1, 0.15) is 26.7 Å². The smallest absolute Gasteiger partial charge is 0.226 e. The van der Waals surface area contributed by atoms with Gasteiger partial charge in [-0.3, -0.25) is 9.59 Å². The molecule has 27 heavy (non-hydrogen) atoms. The lowest BCUT2D eigenvalue weighted by Gasteiger charge is -2.10. The van der Waals surface area contributed by atoms with E-state index < -0.39 is 0 Å². The van der Waals surface area contributed by atoms with Crippen LogP contribution in [0.4, 0.5) is 11.4 Å². The lowest BCUT2D eigenvalue weighted by molar-refractivity contribution is -0.119. The Hall–Kier alpha value is -3.02. The number of carbonyl (C=O) groups excluding carboxylic acids is 2. The fourth-order valence-corrected chi connectivity index (χ4v) is 2.24. The maximum absolute atomic E-state index is 12.0. The van der Waals surface area contributed by atoms with Crippen LogP contribution in [0.25, 0.3) is 0 Å². The maximum Gasteiger partial charge on any atom is 0.226 e. The van der Waals surface area contributed by atoms with Crippen molar-refractivity contribution < 1.29 is 19.1 Å². The standard InChI is InChI=1S/C21H26N2O4/c1-15(2)21(25)23-17-8-6-16(7-9-17)22-20(24)5-4-14-27-19-12-10-18(26-3)11-13-19/h6-13,15H,4-5,14H2,1-3H3,(H,22,24)(H,23,25). The van der Waals surface area contributed by atoms with Crippen LogP contribution in [0.3, 0.4) is 0 Å². The van der Waals surface area contributed by atoms with Crippen molar-refractivity contribution in [2.75, 3.05) is 24.4 Å². The largest absolute Gasteiger partial charge is 0.497 e. The van der Waals surface area contributed by atoms with Gasteiger partial charge in [0.1, 0.15) is 11.5 Å². The monoisotopic (exact) mass is 370 g/mol. The molecule has 0 spiro atoms. The average Bonchev–Trinajstić information content (AvgIpc) is 2.67. The van der Waals surface area contributed by atoms with E-state index in [9.17, 15) is 9.59 Å². The van der Waals surface area contributed by atoms with E-state index in [1.54, 1.807) is 31.4 Å². The summed E-state index contributed by atoms with van der Waals surface area (Å²) in [6, 6.07) is 14.4. The van der Waals surface area contributed by atoms with E-state index in [2.05, 4.69) is 10.6 Å². The Kier molecular flexibility index (Phi) is 7.67. The number of rotatable bonds is 9. The number of methoxy groups -OCH3 is 1. The molecule has 0 fully saturated rings. The summed E-state index contributed by atoms with van der Waals surface area (Å²) in [7, 11) is 1.61. The van der Waals surface area contributed by atoms with E-state index in [1.165, 1.54) is 0 Å². The van der Waals surface area contributed by atoms with Gasteiger partial charge >= 0.3 is 0 Å². The highest BCUT2D eigenvalue weighted by Crippen LogP contribution is 2.18. The van der Waals surface area contributed by atoms with Crippen molar-refractivity contribution in [3.63, 3.8) is 0 Å². The van der Waals surface area contributed by atoms with E-state index in [0.717, 1.165) is 11.5 Å². The number of hydrogen-bond acceptors (Lipinski definition) is 4. The van der Waals surface area contributed by atoms with Gasteiger partial charge in [0.15, 0.2) is 0 Å². The molecule has 6 nitrogen and oxygen atoms in total. The zero-order chi connectivity index (χ0) is 19.6. The van der Waals surface area contributed by atoms with Crippen molar-refractivity contribution in [2.24, 2.45) is 5.92 Å². The highest BCUT2D eigenvalue weighted by Gasteiger charge is 2.07. The number of carbonyl (C=O) groups is 2. The fourth-order valence-electron chi connectivity index (χ4n) is 2.24. The molecule has 0 aliphatic rings. The molecule has 0 aliphatic carbocycles. The predicted octanol–water partition coefficient (Wildman–Crippen LogP) is 4.09. The SMILES string of the molecule is COc1ccc(OCCCC(=O)Nc2ccc(NC(=O)C(C)C)cc2)cc1. The summed E-state index contributed by atoms with van der Waals surface area (Å²) < 4.78 is 10.7. The number of amides is 2. The van der Waals surface area contributed by atoms with E-state index in [4.69, 9.17) is 9.47 Å². The molecule has 0 bridgehead atoms. The van der Waals surface area contributed by atoms with Crippen LogP contribution < -0.4 is 20.1 Å². The molecule has 0 heterocycles. The Morgan fingerprint density at radius 2 is 1.44 bits per heavy atom. The third kappa shape index (κ3) is 7.01. The van der Waals surface area contributed by atoms with E-state index in [0.29, 0.717) is 30.8 Å². The molecule has 0 aliphatic heterocycles. The zero-order valence-corrected chi connectivity index (χ0v) is 16.0. The molecule has 2 N–H and O–H groups in total. The molecule has 2 amide bonds. The van der Waals surface area contributed by atoms with E-state index in [-0.39, 0.29) is 17.7 Å². The molecule has 2 aromatic rings. The first-order valence-electron chi connectivity index (χ1n) is 8.95. The molecule has 0 saturated heterocycles. The molecular formula is C21H26N2O4. The fraction of sp³-hybridized carbons (Fsp3) is 0.333. The number of ether oxygens (including phenoxy) is 2. The van der Waals surface area contributed by atoms with Crippen LogP contribution in [0, 0.1) is 5.92 Å². The van der Waals surface area contributed by atoms with Crippen molar-refractivity contribution >= 4 is 23.2 Å². The second-order valence-electron chi connectivity index (χ2n) is 6.40. The zero-order valence-electron chi connectivity index (χ0n) is 16.0. The number of anilines is 2. The number of benzene rings is 2. The van der Waals surface area contributed by atoms with Crippen LogP contribution in [-0.2, 0) is 9.59 Å². The first-order chi connectivity index (χ1) is 13.0. The Bertz CT molecular complexity index is 740. The predicted molar refractivity (Wildman–Crippen MR) is 106 cm³/mol. The van der Waals surface area contributed by atoms with Gasteiger partial charge in [-0.15, -0.1) is 0 Å². The quantitative estimate of drug-likeness (QED) is 0.652. The molecule has 0 aromatic heterocycles. The topological polar surface area (TPSA) is 76.7 Å². The summed E-state index contributed by atoms with van der Waals surface area (Å²) in [6.07, 6.45) is 0.975. The van der Waals surface area contributed by atoms with Gasteiger partial charge in [0, 0.05) is 23.7 Å². The first kappa shape index (κ1) is 20.3. The Balaban J connectivity index is 1.69. The summed E-state index contributed by atoms with van der Waals surface area (Å²) in [6.45, 7) is 4.13. The van der Waals surface area contributed by atoms with Gasteiger partial charge in [0.25, 0.3) is 0 Å². The summed E-state index contributed by atoms with van der Waals surface area (Å²) in [4.78, 5) is 23.7. The number of hydrogen-bond donors (Lipinski definition) is 2. The molecule has 2 aromatic carbocycles. The maximum atomic E-state index is 12.0. The van der Waals surface area contributed by atoms with Gasteiger partial charge in [-0.05, 0) is 55.0 Å². The average molecular weight is 370 g/mol. The second kappa shape index (κ2) is 10.2. The van der Waals surface area contributed by atoms with E-state index in [1.807, 2.05) is 38.1 Å². The molecule has 0 radical (unpaired) electrons. The van der Waals surface area contributed by atoms with Crippen molar-refractivity contribution in [1.82, 2.24) is 0 Å². The minimum Gasteiger partial charge on any atom is -0.497 e. The highest BCUT2D eigenvalue weighted by atomic mass is 16.5. The minimum absolute atomic E-state index is 0.0383. The first-order valence-corrected chi connectivity index (χ1v) is 8.95. The van der Waals surface area contributed by atoms with Gasteiger partial charge in [0.05, 0.1) is 13.7 Å². The van der Waals surface area contributed by atoms with Crippen LogP contribution in [-0.4, -0.2) is 25.5 Å². The van der Waals surface area contributed by atoms with Gasteiger partial charge < -0.3 is 20.1 Å². The van der Waals surface area contributed by atoms with Gasteiger partial charge in [-0.1, -0.05) is 13.8 Å². The Labute approximate surface area is 159 Å². The number of nitrogens with one attached hydrogen (secondary N) is 2. The van der Waals surface area contributed by atoms with Crippen molar-refractivity contribution in [2.45, 2.75) is 26.7 Å². The van der Waals surface area contributed by atoms with Crippen LogP contribution in [0.15, 0.2) is 48.5 Å². The third-order valence-corrected chi connectivity index (χ3v) is 3.84. The molecule has 0 unspecified atom stereocenters. The molecule has 144 valence electrons. The molecule has 6 heteroatoms. The summed E-state index contributed by atoms with van der Waals surface area (Å²) >= 11 is 0. The Morgan fingerprint density at radius 1 is 0.889 bits per heavy atom.